The maximum atomic E-state index is 5.29. The molecule has 130 valence electrons. The molecule has 0 amide bonds. The molecule has 0 saturated carbocycles. The average Bonchev–Trinajstić information content (AvgIpc) is 3.15. The third-order valence-corrected chi connectivity index (χ3v) is 3.67. The van der Waals surface area contributed by atoms with E-state index in [1.54, 1.807) is 33.5 Å². The predicted molar refractivity (Wildman–Crippen MR) is 93.2 cm³/mol. The van der Waals surface area contributed by atoms with E-state index in [1.807, 2.05) is 30.3 Å². The Morgan fingerprint density at radius 3 is 2.36 bits per heavy atom. The zero-order valence-electron chi connectivity index (χ0n) is 14.3. The van der Waals surface area contributed by atoms with Gasteiger partial charge in [0, 0.05) is 12.1 Å². The quantitative estimate of drug-likeness (QED) is 0.706. The molecule has 0 spiro atoms. The smallest absolute Gasteiger partial charge is 0.322 e. The highest BCUT2D eigenvalue weighted by Gasteiger charge is 2.12. The Morgan fingerprint density at radius 2 is 1.68 bits per heavy atom. The third kappa shape index (κ3) is 3.82. The molecule has 0 saturated heterocycles. The summed E-state index contributed by atoms with van der Waals surface area (Å²) in [4.78, 5) is 4.35. The van der Waals surface area contributed by atoms with Crippen molar-refractivity contribution in [3.63, 3.8) is 0 Å². The van der Waals surface area contributed by atoms with Gasteiger partial charge in [-0.25, -0.2) is 0 Å². The van der Waals surface area contributed by atoms with E-state index in [9.17, 15) is 0 Å². The molecule has 3 rings (SSSR count). The van der Waals surface area contributed by atoms with Crippen LogP contribution in [0.2, 0.25) is 0 Å². The van der Waals surface area contributed by atoms with Crippen molar-refractivity contribution in [2.24, 2.45) is 0 Å². The number of ether oxygens (including phenoxy) is 3. The van der Waals surface area contributed by atoms with Crippen LogP contribution in [-0.4, -0.2) is 31.5 Å². The number of nitrogens with zero attached hydrogens (tertiary/aromatic N) is 2. The minimum Gasteiger partial charge on any atom is -0.497 e. The molecule has 0 atom stereocenters. The van der Waals surface area contributed by atoms with Gasteiger partial charge in [-0.2, -0.15) is 4.98 Å². The van der Waals surface area contributed by atoms with Crippen molar-refractivity contribution in [2.45, 2.75) is 6.54 Å². The van der Waals surface area contributed by atoms with E-state index in [0.29, 0.717) is 29.9 Å². The number of anilines is 1. The Morgan fingerprint density at radius 1 is 0.920 bits per heavy atom. The zero-order chi connectivity index (χ0) is 17.6. The molecule has 0 aliphatic heterocycles. The van der Waals surface area contributed by atoms with Gasteiger partial charge in [0.15, 0.2) is 11.5 Å². The van der Waals surface area contributed by atoms with E-state index < -0.39 is 0 Å². The van der Waals surface area contributed by atoms with Crippen LogP contribution >= 0.6 is 0 Å². The van der Waals surface area contributed by atoms with Crippen molar-refractivity contribution < 1.29 is 18.7 Å². The summed E-state index contributed by atoms with van der Waals surface area (Å²) in [5, 5.41) is 7.09. The number of methoxy groups -OCH3 is 3. The third-order valence-electron chi connectivity index (χ3n) is 3.67. The molecule has 0 aliphatic carbocycles. The van der Waals surface area contributed by atoms with E-state index in [-0.39, 0.29) is 0 Å². The first-order valence-electron chi connectivity index (χ1n) is 7.66. The fourth-order valence-electron chi connectivity index (χ4n) is 2.31. The Hall–Kier alpha value is -3.22. The largest absolute Gasteiger partial charge is 0.497 e. The van der Waals surface area contributed by atoms with Crippen LogP contribution in [0.25, 0.3) is 11.4 Å². The van der Waals surface area contributed by atoms with Crippen molar-refractivity contribution in [1.82, 2.24) is 10.1 Å². The molecule has 1 heterocycles. The molecule has 1 N–H and O–H groups in total. The van der Waals surface area contributed by atoms with Gasteiger partial charge in [-0.15, -0.1) is 0 Å². The van der Waals surface area contributed by atoms with Crippen molar-refractivity contribution in [3.05, 3.63) is 48.0 Å². The van der Waals surface area contributed by atoms with Crippen molar-refractivity contribution >= 4 is 6.01 Å². The Bertz CT molecular complexity index is 831. The lowest BCUT2D eigenvalue weighted by Crippen LogP contribution is -1.99. The number of hydrogen-bond donors (Lipinski definition) is 1. The van der Waals surface area contributed by atoms with E-state index in [4.69, 9.17) is 18.7 Å². The van der Waals surface area contributed by atoms with Gasteiger partial charge in [0.1, 0.15) is 5.75 Å². The van der Waals surface area contributed by atoms with E-state index in [0.717, 1.165) is 16.9 Å². The second-order valence-corrected chi connectivity index (χ2v) is 5.19. The minimum absolute atomic E-state index is 0.348. The van der Waals surface area contributed by atoms with E-state index in [1.165, 1.54) is 0 Å². The summed E-state index contributed by atoms with van der Waals surface area (Å²) in [7, 11) is 4.81. The topological polar surface area (TPSA) is 78.6 Å². The van der Waals surface area contributed by atoms with Gasteiger partial charge in [0.2, 0.25) is 5.82 Å². The van der Waals surface area contributed by atoms with Gasteiger partial charge in [-0.05, 0) is 35.9 Å². The zero-order valence-corrected chi connectivity index (χ0v) is 14.3. The molecule has 7 heteroatoms. The number of nitrogens with one attached hydrogen (secondary N) is 1. The molecule has 7 nitrogen and oxygen atoms in total. The van der Waals surface area contributed by atoms with Crippen molar-refractivity contribution in [2.75, 3.05) is 26.6 Å². The van der Waals surface area contributed by atoms with Gasteiger partial charge < -0.3 is 24.1 Å². The normalized spacial score (nSPS) is 10.4. The Kier molecular flexibility index (Phi) is 5.03. The average molecular weight is 341 g/mol. The molecule has 2 aromatic carbocycles. The summed E-state index contributed by atoms with van der Waals surface area (Å²) in [6.45, 7) is 0.567. The number of rotatable bonds is 7. The van der Waals surface area contributed by atoms with Gasteiger partial charge in [-0.1, -0.05) is 17.3 Å². The fourth-order valence-corrected chi connectivity index (χ4v) is 2.31. The maximum absolute atomic E-state index is 5.29. The number of hydrogen-bond acceptors (Lipinski definition) is 7. The van der Waals surface area contributed by atoms with Crippen molar-refractivity contribution in [1.29, 1.82) is 0 Å². The molecule has 0 radical (unpaired) electrons. The van der Waals surface area contributed by atoms with Crippen LogP contribution in [0.1, 0.15) is 5.56 Å². The first kappa shape index (κ1) is 16.6. The summed E-state index contributed by atoms with van der Waals surface area (Å²) < 4.78 is 20.9. The molecule has 0 fully saturated rings. The minimum atomic E-state index is 0.348. The van der Waals surface area contributed by atoms with Crippen LogP contribution < -0.4 is 19.5 Å². The molecule has 3 aromatic rings. The standard InChI is InChI=1S/C18H19N3O4/c1-22-14-7-4-12(5-8-14)11-19-18-20-17(21-25-18)13-6-9-15(23-2)16(10-13)24-3/h4-10H,11H2,1-3H3,(H,19,20,21). The lowest BCUT2D eigenvalue weighted by atomic mass is 10.2. The molecule has 1 aromatic heterocycles. The van der Waals surface area contributed by atoms with Gasteiger partial charge in [-0.3, -0.25) is 0 Å². The van der Waals surface area contributed by atoms with Crippen LogP contribution in [-0.2, 0) is 6.54 Å². The summed E-state index contributed by atoms with van der Waals surface area (Å²) in [5.41, 5.74) is 1.85. The van der Waals surface area contributed by atoms with Crippen LogP contribution in [0.15, 0.2) is 47.0 Å². The lowest BCUT2D eigenvalue weighted by Gasteiger charge is -2.07. The molecular weight excluding hydrogens is 322 g/mol. The second kappa shape index (κ2) is 7.57. The summed E-state index contributed by atoms with van der Waals surface area (Å²) in [6.07, 6.45) is 0. The molecule has 0 aliphatic rings. The highest BCUT2D eigenvalue weighted by molar-refractivity contribution is 5.61. The monoisotopic (exact) mass is 341 g/mol. The Balaban J connectivity index is 1.69. The molecule has 0 bridgehead atoms. The van der Waals surface area contributed by atoms with Gasteiger partial charge >= 0.3 is 6.01 Å². The van der Waals surface area contributed by atoms with Gasteiger partial charge in [0.25, 0.3) is 0 Å². The van der Waals surface area contributed by atoms with Gasteiger partial charge in [0.05, 0.1) is 21.3 Å². The Labute approximate surface area is 145 Å². The second-order valence-electron chi connectivity index (χ2n) is 5.19. The number of aromatic nitrogens is 2. The molecule has 25 heavy (non-hydrogen) atoms. The highest BCUT2D eigenvalue weighted by atomic mass is 16.5. The number of benzene rings is 2. The first-order chi connectivity index (χ1) is 12.2. The maximum Gasteiger partial charge on any atom is 0.322 e. The fraction of sp³-hybridized carbons (Fsp3) is 0.222. The van der Waals surface area contributed by atoms with Crippen LogP contribution in [0.3, 0.4) is 0 Å². The summed E-state index contributed by atoms with van der Waals surface area (Å²) in [5.74, 6) is 2.54. The SMILES string of the molecule is COc1ccc(CNc2nc(-c3ccc(OC)c(OC)c3)no2)cc1. The molecule has 0 unspecified atom stereocenters. The lowest BCUT2D eigenvalue weighted by molar-refractivity contribution is 0.355. The van der Waals surface area contributed by atoms with Crippen molar-refractivity contribution in [3.8, 4) is 28.6 Å². The molecular formula is C18H19N3O4. The summed E-state index contributed by atoms with van der Waals surface area (Å²) in [6, 6.07) is 13.5. The van der Waals surface area contributed by atoms with E-state index in [2.05, 4.69) is 15.5 Å². The van der Waals surface area contributed by atoms with Crippen LogP contribution in [0.4, 0.5) is 6.01 Å². The first-order valence-corrected chi connectivity index (χ1v) is 7.66. The predicted octanol–water partition coefficient (Wildman–Crippen LogP) is 3.37. The van der Waals surface area contributed by atoms with E-state index >= 15 is 0 Å². The summed E-state index contributed by atoms with van der Waals surface area (Å²) >= 11 is 0. The van der Waals surface area contributed by atoms with Crippen LogP contribution in [0, 0.1) is 0 Å². The highest BCUT2D eigenvalue weighted by Crippen LogP contribution is 2.31. The van der Waals surface area contributed by atoms with Crippen LogP contribution in [0.5, 0.6) is 17.2 Å².